The molecule has 17 heavy (non-hydrogen) atoms. The van der Waals surface area contributed by atoms with E-state index in [1.54, 1.807) is 20.8 Å². The van der Waals surface area contributed by atoms with Crippen molar-refractivity contribution in [2.45, 2.75) is 25.7 Å². The Bertz CT molecular complexity index is 621. The summed E-state index contributed by atoms with van der Waals surface area (Å²) in [5.41, 5.74) is 0.879. The van der Waals surface area contributed by atoms with Gasteiger partial charge in [0.25, 0.3) is 16.0 Å². The van der Waals surface area contributed by atoms with Crippen LogP contribution in [0.3, 0.4) is 0 Å². The van der Waals surface area contributed by atoms with E-state index < -0.39 is 10.0 Å². The van der Waals surface area contributed by atoms with Crippen LogP contribution in [0.25, 0.3) is 0 Å². The summed E-state index contributed by atoms with van der Waals surface area (Å²) in [6.45, 7) is 4.93. The lowest BCUT2D eigenvalue weighted by Crippen LogP contribution is -2.15. The fraction of sp³-hybridized carbons (Fsp3) is 0.375. The number of aromatic amines is 2. The molecule has 92 valence electrons. The van der Waals surface area contributed by atoms with E-state index in [1.165, 1.54) is 0 Å². The summed E-state index contributed by atoms with van der Waals surface area (Å²) in [7, 11) is -3.71. The molecule has 0 unspecified atom stereocenters. The highest BCUT2D eigenvalue weighted by molar-refractivity contribution is 7.92. The fourth-order valence-electron chi connectivity index (χ4n) is 1.50. The van der Waals surface area contributed by atoms with E-state index in [1.807, 2.05) is 0 Å². The lowest BCUT2D eigenvalue weighted by atomic mass is 10.4. The van der Waals surface area contributed by atoms with Gasteiger partial charge in [-0.1, -0.05) is 0 Å². The van der Waals surface area contributed by atoms with Crippen LogP contribution in [0, 0.1) is 20.8 Å². The second-order valence-corrected chi connectivity index (χ2v) is 5.23. The molecule has 9 heteroatoms. The van der Waals surface area contributed by atoms with Gasteiger partial charge in [0.2, 0.25) is 0 Å². The first-order chi connectivity index (χ1) is 7.90. The number of rotatable bonds is 3. The van der Waals surface area contributed by atoms with Crippen LogP contribution in [-0.4, -0.2) is 33.8 Å². The minimum atomic E-state index is -3.71. The smallest absolute Gasteiger partial charge is 0.267 e. The summed E-state index contributed by atoms with van der Waals surface area (Å²) in [4.78, 5) is 4.00. The van der Waals surface area contributed by atoms with E-state index >= 15 is 0 Å². The molecule has 0 amide bonds. The van der Waals surface area contributed by atoms with Gasteiger partial charge in [0, 0.05) is 0 Å². The van der Waals surface area contributed by atoms with Gasteiger partial charge in [-0.25, -0.2) is 13.1 Å². The molecule has 2 heterocycles. The van der Waals surface area contributed by atoms with Gasteiger partial charge >= 0.3 is 0 Å². The van der Waals surface area contributed by atoms with Gasteiger partial charge in [-0.3, -0.25) is 10.2 Å². The third kappa shape index (κ3) is 2.13. The van der Waals surface area contributed by atoms with Gasteiger partial charge in [-0.2, -0.15) is 10.1 Å². The van der Waals surface area contributed by atoms with Gasteiger partial charge in [-0.05, 0) is 20.8 Å². The second-order valence-electron chi connectivity index (χ2n) is 3.61. The van der Waals surface area contributed by atoms with Gasteiger partial charge in [-0.15, -0.1) is 5.10 Å². The van der Waals surface area contributed by atoms with E-state index in [0.717, 1.165) is 0 Å². The van der Waals surface area contributed by atoms with Crippen LogP contribution in [0.5, 0.6) is 0 Å². The first kappa shape index (κ1) is 11.6. The van der Waals surface area contributed by atoms with Crippen LogP contribution in [0.15, 0.2) is 4.90 Å². The topological polar surface area (TPSA) is 116 Å². The van der Waals surface area contributed by atoms with Crippen LogP contribution in [0.1, 0.15) is 17.2 Å². The third-order valence-corrected chi connectivity index (χ3v) is 3.74. The molecule has 0 aromatic carbocycles. The van der Waals surface area contributed by atoms with Gasteiger partial charge < -0.3 is 0 Å². The summed E-state index contributed by atoms with van der Waals surface area (Å²) in [6.07, 6.45) is 0. The highest BCUT2D eigenvalue weighted by atomic mass is 32.2. The van der Waals surface area contributed by atoms with Crippen molar-refractivity contribution < 1.29 is 8.42 Å². The van der Waals surface area contributed by atoms with Crippen molar-refractivity contribution in [1.82, 2.24) is 25.4 Å². The normalized spacial score (nSPS) is 11.7. The number of nitrogens with zero attached hydrogens (tertiary/aromatic N) is 3. The number of aromatic nitrogens is 5. The van der Waals surface area contributed by atoms with Crippen LogP contribution >= 0.6 is 0 Å². The maximum absolute atomic E-state index is 12.0. The zero-order valence-electron chi connectivity index (χ0n) is 9.57. The zero-order valence-corrected chi connectivity index (χ0v) is 10.4. The van der Waals surface area contributed by atoms with Gasteiger partial charge in [0.15, 0.2) is 0 Å². The highest BCUT2D eigenvalue weighted by Crippen LogP contribution is 2.18. The number of hydrogen-bond donors (Lipinski definition) is 3. The summed E-state index contributed by atoms with van der Waals surface area (Å²) >= 11 is 0. The van der Waals surface area contributed by atoms with Gasteiger partial charge in [0.05, 0.1) is 11.4 Å². The number of anilines is 1. The summed E-state index contributed by atoms with van der Waals surface area (Å²) in [5, 5.41) is 12.7. The van der Waals surface area contributed by atoms with Crippen LogP contribution in [-0.2, 0) is 10.0 Å². The number of aryl methyl sites for hydroxylation is 3. The molecule has 2 aromatic heterocycles. The Morgan fingerprint density at radius 1 is 1.12 bits per heavy atom. The molecule has 3 N–H and O–H groups in total. The lowest BCUT2D eigenvalue weighted by molar-refractivity contribution is 0.599. The summed E-state index contributed by atoms with van der Waals surface area (Å²) in [6, 6.07) is 0. The molecule has 0 radical (unpaired) electrons. The van der Waals surface area contributed by atoms with E-state index in [-0.39, 0.29) is 10.8 Å². The number of nitrogens with one attached hydrogen (secondary N) is 3. The minimum absolute atomic E-state index is 0.0162. The Kier molecular flexibility index (Phi) is 2.62. The van der Waals surface area contributed by atoms with Crippen molar-refractivity contribution in [3.05, 3.63) is 17.2 Å². The molecule has 0 atom stereocenters. The van der Waals surface area contributed by atoms with Crippen molar-refractivity contribution >= 4 is 16.0 Å². The average molecular weight is 256 g/mol. The van der Waals surface area contributed by atoms with Crippen molar-refractivity contribution in [3.63, 3.8) is 0 Å². The molecular weight excluding hydrogens is 244 g/mol. The molecule has 0 bridgehead atoms. The molecular formula is C8H12N6O2S. The molecule has 8 nitrogen and oxygen atoms in total. The van der Waals surface area contributed by atoms with E-state index in [9.17, 15) is 8.42 Å². The first-order valence-electron chi connectivity index (χ1n) is 4.83. The maximum atomic E-state index is 12.0. The Hall–Kier alpha value is -1.90. The maximum Gasteiger partial charge on any atom is 0.267 e. The molecule has 0 saturated heterocycles. The minimum Gasteiger partial charge on any atom is -0.281 e. The van der Waals surface area contributed by atoms with Crippen LogP contribution in [0.4, 0.5) is 5.95 Å². The Morgan fingerprint density at radius 2 is 1.82 bits per heavy atom. The zero-order chi connectivity index (χ0) is 12.6. The molecule has 2 aromatic rings. The number of sulfonamides is 1. The Labute approximate surface area is 97.9 Å². The molecule has 0 saturated carbocycles. The molecule has 0 aliphatic rings. The SMILES string of the molecule is Cc1nc(NS(=O)(=O)c2c(C)n[nH]c2C)n[nH]1. The number of hydrogen-bond acceptors (Lipinski definition) is 5. The molecule has 2 rings (SSSR count). The fourth-order valence-corrected chi connectivity index (χ4v) is 2.81. The third-order valence-electron chi connectivity index (χ3n) is 2.15. The lowest BCUT2D eigenvalue weighted by Gasteiger charge is -2.03. The van der Waals surface area contributed by atoms with E-state index in [2.05, 4.69) is 30.1 Å². The van der Waals surface area contributed by atoms with Crippen molar-refractivity contribution in [2.24, 2.45) is 0 Å². The average Bonchev–Trinajstić information content (AvgIpc) is 2.73. The largest absolute Gasteiger partial charge is 0.281 e. The molecule has 0 aliphatic heterocycles. The predicted octanol–water partition coefficient (Wildman–Crippen LogP) is 0.254. The highest BCUT2D eigenvalue weighted by Gasteiger charge is 2.23. The van der Waals surface area contributed by atoms with Crippen molar-refractivity contribution in [2.75, 3.05) is 4.72 Å². The van der Waals surface area contributed by atoms with Crippen molar-refractivity contribution in [3.8, 4) is 0 Å². The Balaban J connectivity index is 2.38. The van der Waals surface area contributed by atoms with E-state index in [4.69, 9.17) is 0 Å². The molecule has 0 aliphatic carbocycles. The van der Waals surface area contributed by atoms with Crippen LogP contribution in [0.2, 0.25) is 0 Å². The van der Waals surface area contributed by atoms with Gasteiger partial charge in [0.1, 0.15) is 10.7 Å². The monoisotopic (exact) mass is 256 g/mol. The summed E-state index contributed by atoms with van der Waals surface area (Å²) in [5.74, 6) is 0.547. The standard InChI is InChI=1S/C8H12N6O2S/c1-4-7(5(2)11-10-4)17(15,16)14-8-9-6(3)12-13-8/h1-3H3,(H,10,11)(H2,9,12,13,14). The first-order valence-corrected chi connectivity index (χ1v) is 6.32. The Morgan fingerprint density at radius 3 is 2.29 bits per heavy atom. The summed E-state index contributed by atoms with van der Waals surface area (Å²) < 4.78 is 26.4. The number of H-pyrrole nitrogens is 2. The molecule has 0 spiro atoms. The second kappa shape index (κ2) is 3.84. The van der Waals surface area contributed by atoms with E-state index in [0.29, 0.717) is 17.2 Å². The molecule has 0 fully saturated rings. The van der Waals surface area contributed by atoms with Crippen molar-refractivity contribution in [1.29, 1.82) is 0 Å². The van der Waals surface area contributed by atoms with Crippen LogP contribution < -0.4 is 4.72 Å². The quantitative estimate of drug-likeness (QED) is 0.728. The predicted molar refractivity (Wildman–Crippen MR) is 60.0 cm³/mol.